The predicted octanol–water partition coefficient (Wildman–Crippen LogP) is 3.74. The number of hydrogen-bond donors (Lipinski definition) is 1. The van der Waals surface area contributed by atoms with Crippen LogP contribution in [0.15, 0.2) is 59.9 Å². The number of nitrogens with zero attached hydrogens (tertiary/aromatic N) is 4. The molecule has 1 amide bonds. The second kappa shape index (κ2) is 8.89. The molecule has 1 fully saturated rings. The Balaban J connectivity index is 1.63. The van der Waals surface area contributed by atoms with E-state index in [0.29, 0.717) is 16.5 Å². The van der Waals surface area contributed by atoms with Crippen LogP contribution in [0.3, 0.4) is 0 Å². The van der Waals surface area contributed by atoms with Crippen molar-refractivity contribution < 1.29 is 9.18 Å². The zero-order chi connectivity index (χ0) is 21.1. The third kappa shape index (κ3) is 4.20. The summed E-state index contributed by atoms with van der Waals surface area (Å²) in [5.41, 5.74) is 2.87. The number of carbonyl (C=O) groups is 1. The first-order valence-corrected chi connectivity index (χ1v) is 11.0. The Morgan fingerprint density at radius 1 is 1.07 bits per heavy atom. The first-order valence-electron chi connectivity index (χ1n) is 9.78. The maximum absolute atomic E-state index is 13.4. The highest BCUT2D eigenvalue weighted by Gasteiger charge is 2.21. The molecule has 0 spiro atoms. The molecule has 0 saturated carbocycles. The number of para-hydroxylation sites is 2. The fourth-order valence-electron chi connectivity index (χ4n) is 3.57. The molecule has 1 aromatic heterocycles. The Kier molecular flexibility index (Phi) is 6.06. The van der Waals surface area contributed by atoms with Gasteiger partial charge in [-0.3, -0.25) is 9.36 Å². The quantitative estimate of drug-likeness (QED) is 0.631. The Hall–Kier alpha value is -2.84. The van der Waals surface area contributed by atoms with Gasteiger partial charge in [0, 0.05) is 31.9 Å². The summed E-state index contributed by atoms with van der Waals surface area (Å²) in [4.78, 5) is 22.2. The minimum Gasteiger partial charge on any atom is -0.367 e. The first-order chi connectivity index (χ1) is 14.6. The van der Waals surface area contributed by atoms with Gasteiger partial charge < -0.3 is 15.1 Å². The highest BCUT2D eigenvalue weighted by atomic mass is 32.2. The average Bonchev–Trinajstić information content (AvgIpc) is 3.20. The molecule has 2 aromatic carbocycles. The molecule has 1 N–H and O–H groups in total. The SMILES string of the molecule is CSc1ncc(C(=O)Nc2ccccc2N2CCN(C)CC2)n1-c1ccc(F)cc1. The lowest BCUT2D eigenvalue weighted by Gasteiger charge is -2.35. The molecule has 30 heavy (non-hydrogen) atoms. The maximum atomic E-state index is 13.4. The van der Waals surface area contributed by atoms with E-state index in [9.17, 15) is 9.18 Å². The number of rotatable bonds is 5. The lowest BCUT2D eigenvalue weighted by molar-refractivity contribution is 0.102. The highest BCUT2D eigenvalue weighted by Crippen LogP contribution is 2.28. The van der Waals surface area contributed by atoms with Crippen molar-refractivity contribution in [3.05, 3.63) is 66.2 Å². The summed E-state index contributed by atoms with van der Waals surface area (Å²) in [7, 11) is 2.12. The Bertz CT molecular complexity index is 1030. The first kappa shape index (κ1) is 20.4. The number of aromatic nitrogens is 2. The zero-order valence-corrected chi connectivity index (χ0v) is 17.8. The number of halogens is 1. The van der Waals surface area contributed by atoms with Crippen LogP contribution in [0.1, 0.15) is 10.5 Å². The standard InChI is InChI=1S/C22H24FN5OS/c1-26-11-13-27(14-12-26)19-6-4-3-5-18(19)25-21(29)20-15-24-22(30-2)28(20)17-9-7-16(23)8-10-17/h3-10,15H,11-14H2,1-2H3,(H,25,29). The molecule has 2 heterocycles. The molecule has 0 bridgehead atoms. The summed E-state index contributed by atoms with van der Waals surface area (Å²) in [6.07, 6.45) is 3.45. The molecule has 1 aliphatic rings. The molecule has 156 valence electrons. The molecular weight excluding hydrogens is 401 g/mol. The summed E-state index contributed by atoms with van der Waals surface area (Å²) in [5, 5.41) is 3.72. The summed E-state index contributed by atoms with van der Waals surface area (Å²) >= 11 is 1.43. The van der Waals surface area contributed by atoms with Gasteiger partial charge in [-0.1, -0.05) is 23.9 Å². The van der Waals surface area contributed by atoms with Crippen LogP contribution < -0.4 is 10.2 Å². The van der Waals surface area contributed by atoms with Gasteiger partial charge in [-0.05, 0) is 49.7 Å². The lowest BCUT2D eigenvalue weighted by Crippen LogP contribution is -2.44. The molecule has 3 aromatic rings. The minimum absolute atomic E-state index is 0.256. The number of nitrogens with one attached hydrogen (secondary N) is 1. The Morgan fingerprint density at radius 2 is 1.77 bits per heavy atom. The van der Waals surface area contributed by atoms with Gasteiger partial charge >= 0.3 is 0 Å². The van der Waals surface area contributed by atoms with Crippen LogP contribution in [0.25, 0.3) is 5.69 Å². The van der Waals surface area contributed by atoms with Crippen molar-refractivity contribution in [2.24, 2.45) is 0 Å². The number of hydrogen-bond acceptors (Lipinski definition) is 5. The number of imidazole rings is 1. The fourth-order valence-corrected chi connectivity index (χ4v) is 4.11. The van der Waals surface area contributed by atoms with Gasteiger partial charge in [0.25, 0.3) is 5.91 Å². The summed E-state index contributed by atoms with van der Waals surface area (Å²) in [6, 6.07) is 13.9. The van der Waals surface area contributed by atoms with Crippen LogP contribution in [0.2, 0.25) is 0 Å². The molecule has 1 saturated heterocycles. The van der Waals surface area contributed by atoms with E-state index in [2.05, 4.69) is 27.1 Å². The third-order valence-electron chi connectivity index (χ3n) is 5.23. The normalized spacial score (nSPS) is 14.7. The molecular formula is C22H24FN5OS. The smallest absolute Gasteiger partial charge is 0.274 e. The molecule has 0 unspecified atom stereocenters. The van der Waals surface area contributed by atoms with E-state index in [0.717, 1.165) is 37.6 Å². The van der Waals surface area contributed by atoms with Crippen LogP contribution in [-0.4, -0.2) is 59.8 Å². The van der Waals surface area contributed by atoms with E-state index in [-0.39, 0.29) is 11.7 Å². The molecule has 1 aliphatic heterocycles. The van der Waals surface area contributed by atoms with Crippen molar-refractivity contribution in [3.63, 3.8) is 0 Å². The largest absolute Gasteiger partial charge is 0.367 e. The van der Waals surface area contributed by atoms with E-state index < -0.39 is 0 Å². The maximum Gasteiger partial charge on any atom is 0.274 e. The molecule has 0 atom stereocenters. The van der Waals surface area contributed by atoms with E-state index in [1.165, 1.54) is 23.9 Å². The van der Waals surface area contributed by atoms with E-state index in [4.69, 9.17) is 0 Å². The van der Waals surface area contributed by atoms with Gasteiger partial charge in [0.1, 0.15) is 11.5 Å². The predicted molar refractivity (Wildman–Crippen MR) is 119 cm³/mol. The van der Waals surface area contributed by atoms with Crippen molar-refractivity contribution in [2.75, 3.05) is 49.7 Å². The van der Waals surface area contributed by atoms with Crippen molar-refractivity contribution in [2.45, 2.75) is 5.16 Å². The second-order valence-electron chi connectivity index (χ2n) is 7.20. The van der Waals surface area contributed by atoms with Gasteiger partial charge in [-0.15, -0.1) is 0 Å². The molecule has 8 heteroatoms. The van der Waals surface area contributed by atoms with Crippen LogP contribution in [0, 0.1) is 5.82 Å². The van der Waals surface area contributed by atoms with E-state index in [1.54, 1.807) is 22.9 Å². The Morgan fingerprint density at radius 3 is 2.47 bits per heavy atom. The lowest BCUT2D eigenvalue weighted by atomic mass is 10.2. The molecule has 4 rings (SSSR count). The molecule has 6 nitrogen and oxygen atoms in total. The second-order valence-corrected chi connectivity index (χ2v) is 7.98. The number of carbonyl (C=O) groups excluding carboxylic acids is 1. The van der Waals surface area contributed by atoms with Crippen molar-refractivity contribution in [1.29, 1.82) is 0 Å². The minimum atomic E-state index is -0.323. The number of piperazine rings is 1. The average molecular weight is 426 g/mol. The number of amides is 1. The van der Waals surface area contributed by atoms with E-state index >= 15 is 0 Å². The van der Waals surface area contributed by atoms with E-state index in [1.807, 2.05) is 30.5 Å². The molecule has 0 radical (unpaired) electrons. The summed E-state index contributed by atoms with van der Waals surface area (Å²) < 4.78 is 15.1. The summed E-state index contributed by atoms with van der Waals surface area (Å²) in [6.45, 7) is 3.79. The topological polar surface area (TPSA) is 53.4 Å². The van der Waals surface area contributed by atoms with Crippen molar-refractivity contribution in [1.82, 2.24) is 14.5 Å². The summed E-state index contributed by atoms with van der Waals surface area (Å²) in [5.74, 6) is -0.578. The highest BCUT2D eigenvalue weighted by molar-refractivity contribution is 7.98. The van der Waals surface area contributed by atoms with Gasteiger partial charge in [0.05, 0.1) is 17.6 Å². The zero-order valence-electron chi connectivity index (χ0n) is 17.0. The number of thioether (sulfide) groups is 1. The number of likely N-dealkylation sites (N-methyl/N-ethyl adjacent to an activating group) is 1. The van der Waals surface area contributed by atoms with Gasteiger partial charge in [0.2, 0.25) is 0 Å². The van der Waals surface area contributed by atoms with Gasteiger partial charge in [-0.2, -0.15) is 0 Å². The molecule has 0 aliphatic carbocycles. The Labute approximate surface area is 179 Å². The van der Waals surface area contributed by atoms with Crippen LogP contribution in [0.5, 0.6) is 0 Å². The van der Waals surface area contributed by atoms with Crippen molar-refractivity contribution in [3.8, 4) is 5.69 Å². The monoisotopic (exact) mass is 425 g/mol. The van der Waals surface area contributed by atoms with Crippen LogP contribution >= 0.6 is 11.8 Å². The van der Waals surface area contributed by atoms with Gasteiger partial charge in [-0.25, -0.2) is 9.37 Å². The fraction of sp³-hybridized carbons (Fsp3) is 0.273. The van der Waals surface area contributed by atoms with Gasteiger partial charge in [0.15, 0.2) is 5.16 Å². The van der Waals surface area contributed by atoms with Crippen LogP contribution in [-0.2, 0) is 0 Å². The number of anilines is 2. The van der Waals surface area contributed by atoms with Crippen molar-refractivity contribution >= 4 is 29.0 Å². The van der Waals surface area contributed by atoms with Crippen LogP contribution in [0.4, 0.5) is 15.8 Å². The third-order valence-corrected chi connectivity index (χ3v) is 5.88. The number of benzene rings is 2.